The molecular formula is C20H21N. The van der Waals surface area contributed by atoms with Crippen molar-refractivity contribution < 1.29 is 0 Å². The zero-order valence-corrected chi connectivity index (χ0v) is 12.9. The zero-order chi connectivity index (χ0) is 14.9. The molecule has 0 unspecified atom stereocenters. The second-order valence-electron chi connectivity index (χ2n) is 6.35. The van der Waals surface area contributed by atoms with Crippen molar-refractivity contribution in [3.63, 3.8) is 0 Å². The van der Waals surface area contributed by atoms with Gasteiger partial charge < -0.3 is 4.57 Å². The highest BCUT2D eigenvalue weighted by molar-refractivity contribution is 5.82. The van der Waals surface area contributed by atoms with Gasteiger partial charge in [0.15, 0.2) is 0 Å². The Morgan fingerprint density at radius 1 is 0.667 bits per heavy atom. The molecule has 2 aromatic carbocycles. The van der Waals surface area contributed by atoms with Crippen molar-refractivity contribution >= 4 is 0 Å². The van der Waals surface area contributed by atoms with E-state index in [1.165, 1.54) is 22.4 Å². The molecule has 0 radical (unpaired) electrons. The Hall–Kier alpha value is -2.28. The lowest BCUT2D eigenvalue weighted by molar-refractivity contribution is 0.403. The van der Waals surface area contributed by atoms with E-state index in [-0.39, 0.29) is 5.54 Å². The maximum Gasteiger partial charge on any atom is 0.0564 e. The average Bonchev–Trinajstić information content (AvgIpc) is 2.94. The van der Waals surface area contributed by atoms with Gasteiger partial charge in [0.05, 0.1) is 5.69 Å². The highest BCUT2D eigenvalue weighted by Crippen LogP contribution is 2.36. The van der Waals surface area contributed by atoms with Gasteiger partial charge in [0.1, 0.15) is 0 Å². The lowest BCUT2D eigenvalue weighted by Gasteiger charge is -2.25. The number of aromatic nitrogens is 1. The van der Waals surface area contributed by atoms with E-state index in [9.17, 15) is 0 Å². The topological polar surface area (TPSA) is 4.93 Å². The van der Waals surface area contributed by atoms with Gasteiger partial charge >= 0.3 is 0 Å². The fourth-order valence-corrected chi connectivity index (χ4v) is 2.73. The third-order valence-corrected chi connectivity index (χ3v) is 3.74. The summed E-state index contributed by atoms with van der Waals surface area (Å²) in [7, 11) is 0. The van der Waals surface area contributed by atoms with Crippen molar-refractivity contribution in [2.45, 2.75) is 26.3 Å². The molecule has 1 aromatic heterocycles. The molecule has 0 saturated heterocycles. The molecule has 3 aromatic rings. The Morgan fingerprint density at radius 2 is 1.19 bits per heavy atom. The van der Waals surface area contributed by atoms with Crippen molar-refractivity contribution in [3.05, 3.63) is 72.9 Å². The molecule has 0 aliphatic rings. The first-order valence-electron chi connectivity index (χ1n) is 7.40. The van der Waals surface area contributed by atoms with E-state index in [1.807, 2.05) is 0 Å². The van der Waals surface area contributed by atoms with Gasteiger partial charge in [-0.3, -0.25) is 0 Å². The number of rotatable bonds is 2. The van der Waals surface area contributed by atoms with Crippen LogP contribution < -0.4 is 0 Å². The van der Waals surface area contributed by atoms with Gasteiger partial charge in [-0.2, -0.15) is 0 Å². The van der Waals surface area contributed by atoms with Gasteiger partial charge in [0.25, 0.3) is 0 Å². The van der Waals surface area contributed by atoms with Crippen LogP contribution >= 0.6 is 0 Å². The highest BCUT2D eigenvalue weighted by atomic mass is 15.0. The smallest absolute Gasteiger partial charge is 0.0564 e. The standard InChI is InChI=1S/C20H21N/c1-20(2,3)21-15-14-18(16-10-6-4-7-11-16)19(21)17-12-8-5-9-13-17/h4-15H,1-3H3. The summed E-state index contributed by atoms with van der Waals surface area (Å²) in [5, 5.41) is 0. The van der Waals surface area contributed by atoms with E-state index in [0.717, 1.165) is 0 Å². The van der Waals surface area contributed by atoms with E-state index < -0.39 is 0 Å². The molecule has 1 heteroatoms. The van der Waals surface area contributed by atoms with Gasteiger partial charge in [-0.15, -0.1) is 0 Å². The summed E-state index contributed by atoms with van der Waals surface area (Å²) < 4.78 is 2.37. The van der Waals surface area contributed by atoms with Crippen LogP contribution in [0.15, 0.2) is 72.9 Å². The Labute approximate surface area is 126 Å². The van der Waals surface area contributed by atoms with E-state index >= 15 is 0 Å². The first-order chi connectivity index (χ1) is 10.1. The summed E-state index contributed by atoms with van der Waals surface area (Å²) >= 11 is 0. The average molecular weight is 275 g/mol. The van der Waals surface area contributed by atoms with E-state index in [1.54, 1.807) is 0 Å². The van der Waals surface area contributed by atoms with E-state index in [4.69, 9.17) is 0 Å². The minimum atomic E-state index is 0.0538. The van der Waals surface area contributed by atoms with Crippen molar-refractivity contribution in [3.8, 4) is 22.4 Å². The normalized spacial score (nSPS) is 11.6. The molecule has 0 N–H and O–H groups in total. The summed E-state index contributed by atoms with van der Waals surface area (Å²) in [5.41, 5.74) is 5.15. The van der Waals surface area contributed by atoms with Crippen LogP contribution in [0, 0.1) is 0 Å². The van der Waals surface area contributed by atoms with Crippen molar-refractivity contribution in [1.29, 1.82) is 0 Å². The predicted octanol–water partition coefficient (Wildman–Crippen LogP) is 5.58. The first kappa shape index (κ1) is 13.7. The van der Waals surface area contributed by atoms with E-state index in [0.29, 0.717) is 0 Å². The maximum absolute atomic E-state index is 2.37. The lowest BCUT2D eigenvalue weighted by Crippen LogP contribution is -2.21. The molecule has 3 rings (SSSR count). The number of benzene rings is 2. The van der Waals surface area contributed by atoms with Crippen LogP contribution in [0.25, 0.3) is 22.4 Å². The molecule has 0 aliphatic heterocycles. The van der Waals surface area contributed by atoms with Crippen molar-refractivity contribution in [1.82, 2.24) is 4.57 Å². The number of nitrogens with zero attached hydrogens (tertiary/aromatic N) is 1. The second kappa shape index (κ2) is 5.25. The molecule has 0 bridgehead atoms. The van der Waals surface area contributed by atoms with E-state index in [2.05, 4.69) is 98.3 Å². The Bertz CT molecular complexity index is 716. The molecule has 0 atom stereocenters. The summed E-state index contributed by atoms with van der Waals surface area (Å²) in [5.74, 6) is 0. The fraction of sp³-hybridized carbons (Fsp3) is 0.200. The number of hydrogen-bond donors (Lipinski definition) is 0. The lowest BCUT2D eigenvalue weighted by atomic mass is 10.00. The molecule has 1 heterocycles. The van der Waals surface area contributed by atoms with Crippen LogP contribution in [0.1, 0.15) is 20.8 Å². The minimum Gasteiger partial charge on any atom is -0.342 e. The Morgan fingerprint density at radius 3 is 1.71 bits per heavy atom. The molecule has 0 spiro atoms. The van der Waals surface area contributed by atoms with Gasteiger partial charge in [0.2, 0.25) is 0 Å². The third kappa shape index (κ3) is 2.64. The van der Waals surface area contributed by atoms with Crippen LogP contribution in [0.3, 0.4) is 0 Å². The van der Waals surface area contributed by atoms with Gasteiger partial charge in [-0.05, 0) is 38.0 Å². The van der Waals surface area contributed by atoms with Crippen LogP contribution in [-0.2, 0) is 5.54 Å². The number of hydrogen-bond acceptors (Lipinski definition) is 0. The Kier molecular flexibility index (Phi) is 3.42. The monoisotopic (exact) mass is 275 g/mol. The summed E-state index contributed by atoms with van der Waals surface area (Å²) in [6, 6.07) is 23.5. The van der Waals surface area contributed by atoms with Crippen LogP contribution in [0.4, 0.5) is 0 Å². The molecule has 1 nitrogen and oxygen atoms in total. The van der Waals surface area contributed by atoms with Gasteiger partial charge in [0, 0.05) is 17.3 Å². The molecule has 0 aliphatic carbocycles. The molecule has 0 amide bonds. The highest BCUT2D eigenvalue weighted by Gasteiger charge is 2.20. The quantitative estimate of drug-likeness (QED) is 0.575. The molecule has 21 heavy (non-hydrogen) atoms. The van der Waals surface area contributed by atoms with Gasteiger partial charge in [-0.1, -0.05) is 60.7 Å². The summed E-state index contributed by atoms with van der Waals surface area (Å²) in [4.78, 5) is 0. The van der Waals surface area contributed by atoms with Crippen LogP contribution in [-0.4, -0.2) is 4.57 Å². The minimum absolute atomic E-state index is 0.0538. The Balaban J connectivity index is 2.26. The third-order valence-electron chi connectivity index (χ3n) is 3.74. The first-order valence-corrected chi connectivity index (χ1v) is 7.40. The molecule has 0 fully saturated rings. The molecule has 0 saturated carbocycles. The summed E-state index contributed by atoms with van der Waals surface area (Å²) in [6.45, 7) is 6.73. The predicted molar refractivity (Wildman–Crippen MR) is 90.3 cm³/mol. The van der Waals surface area contributed by atoms with Crippen molar-refractivity contribution in [2.24, 2.45) is 0 Å². The van der Waals surface area contributed by atoms with Crippen LogP contribution in [0.5, 0.6) is 0 Å². The fourth-order valence-electron chi connectivity index (χ4n) is 2.73. The zero-order valence-electron chi connectivity index (χ0n) is 12.9. The van der Waals surface area contributed by atoms with Crippen molar-refractivity contribution in [2.75, 3.05) is 0 Å². The second-order valence-corrected chi connectivity index (χ2v) is 6.35. The molecule has 106 valence electrons. The van der Waals surface area contributed by atoms with Gasteiger partial charge in [-0.25, -0.2) is 0 Å². The molecular weight excluding hydrogens is 254 g/mol. The van der Waals surface area contributed by atoms with Crippen LogP contribution in [0.2, 0.25) is 0 Å². The SMILES string of the molecule is CC(C)(C)n1ccc(-c2ccccc2)c1-c1ccccc1. The summed E-state index contributed by atoms with van der Waals surface area (Å²) in [6.07, 6.45) is 2.20. The maximum atomic E-state index is 2.37. The largest absolute Gasteiger partial charge is 0.342 e.